The number of aromatic nitrogens is 4. The van der Waals surface area contributed by atoms with Gasteiger partial charge in [-0.05, 0) is 36.8 Å². The average molecular weight is 496 g/mol. The molecule has 37 heavy (non-hydrogen) atoms. The molecule has 9 heteroatoms. The normalized spacial score (nSPS) is 11.9. The van der Waals surface area contributed by atoms with Crippen molar-refractivity contribution in [3.05, 3.63) is 112 Å². The lowest BCUT2D eigenvalue weighted by Gasteiger charge is -2.18. The molecule has 9 nitrogen and oxygen atoms in total. The summed E-state index contributed by atoms with van der Waals surface area (Å²) >= 11 is 0. The molecule has 3 aromatic carbocycles. The van der Waals surface area contributed by atoms with Crippen molar-refractivity contribution in [2.24, 2.45) is 7.05 Å². The molecule has 186 valence electrons. The van der Waals surface area contributed by atoms with Crippen molar-refractivity contribution in [3.8, 4) is 0 Å². The second-order valence-electron chi connectivity index (χ2n) is 8.83. The molecule has 0 saturated heterocycles. The number of hydrogen-bond donors (Lipinski definition) is 1. The number of amides is 1. The zero-order chi connectivity index (χ0) is 25.9. The second kappa shape index (κ2) is 10.1. The number of esters is 1. The number of rotatable bonds is 7. The maximum Gasteiger partial charge on any atom is 0.329 e. The van der Waals surface area contributed by atoms with E-state index in [4.69, 9.17) is 4.74 Å². The molecule has 0 saturated carbocycles. The Morgan fingerprint density at radius 1 is 0.973 bits per heavy atom. The Labute approximate surface area is 212 Å². The molecule has 0 aliphatic carbocycles. The number of carbonyl (C=O) groups is 2. The van der Waals surface area contributed by atoms with E-state index in [-0.39, 0.29) is 24.5 Å². The Morgan fingerprint density at radius 2 is 1.68 bits per heavy atom. The van der Waals surface area contributed by atoms with Gasteiger partial charge in [0.15, 0.2) is 12.4 Å². The SMILES string of the molecule is Cc1ccc2c(c1)c(=O)n(C)c1nnc(COC(=O)C(Cc3ccccc3)NC(=O)c3ccccc3)n21. The molecule has 5 aromatic rings. The highest BCUT2D eigenvalue weighted by atomic mass is 16.5. The number of fused-ring (bicyclic) bond motifs is 3. The summed E-state index contributed by atoms with van der Waals surface area (Å²) in [6.45, 7) is 1.72. The first kappa shape index (κ1) is 23.9. The first-order valence-corrected chi connectivity index (χ1v) is 11.8. The lowest BCUT2D eigenvalue weighted by atomic mass is 10.1. The third-order valence-corrected chi connectivity index (χ3v) is 6.19. The van der Waals surface area contributed by atoms with Crippen LogP contribution < -0.4 is 10.9 Å². The van der Waals surface area contributed by atoms with Crippen LogP contribution in [0.3, 0.4) is 0 Å². The van der Waals surface area contributed by atoms with E-state index in [0.29, 0.717) is 28.1 Å². The third kappa shape index (κ3) is 4.84. The monoisotopic (exact) mass is 495 g/mol. The first-order valence-electron chi connectivity index (χ1n) is 11.8. The van der Waals surface area contributed by atoms with E-state index >= 15 is 0 Å². The number of aryl methyl sites for hydroxylation is 2. The van der Waals surface area contributed by atoms with E-state index in [1.54, 1.807) is 35.7 Å². The van der Waals surface area contributed by atoms with E-state index in [1.807, 2.05) is 61.5 Å². The number of nitrogens with one attached hydrogen (secondary N) is 1. The van der Waals surface area contributed by atoms with Crippen molar-refractivity contribution in [3.63, 3.8) is 0 Å². The van der Waals surface area contributed by atoms with Crippen LogP contribution in [0.2, 0.25) is 0 Å². The van der Waals surface area contributed by atoms with Crippen molar-refractivity contribution in [1.29, 1.82) is 0 Å². The van der Waals surface area contributed by atoms with Crippen molar-refractivity contribution < 1.29 is 14.3 Å². The van der Waals surface area contributed by atoms with Gasteiger partial charge in [0.05, 0.1) is 10.9 Å². The Morgan fingerprint density at radius 3 is 2.41 bits per heavy atom. The summed E-state index contributed by atoms with van der Waals surface area (Å²) in [4.78, 5) is 38.9. The molecule has 5 rings (SSSR count). The number of nitrogens with zero attached hydrogens (tertiary/aromatic N) is 4. The van der Waals surface area contributed by atoms with Gasteiger partial charge in [-0.1, -0.05) is 60.2 Å². The summed E-state index contributed by atoms with van der Waals surface area (Å²) in [5.74, 6) is -0.274. The third-order valence-electron chi connectivity index (χ3n) is 6.19. The van der Waals surface area contributed by atoms with Gasteiger partial charge in [0, 0.05) is 19.0 Å². The Hall–Kier alpha value is -4.79. The van der Waals surface area contributed by atoms with Gasteiger partial charge < -0.3 is 10.1 Å². The zero-order valence-electron chi connectivity index (χ0n) is 20.4. The van der Waals surface area contributed by atoms with Crippen LogP contribution in [0.5, 0.6) is 0 Å². The maximum atomic E-state index is 13.2. The van der Waals surface area contributed by atoms with Crippen molar-refractivity contribution in [2.45, 2.75) is 26.0 Å². The molecular formula is C28H25N5O4. The summed E-state index contributed by atoms with van der Waals surface area (Å²) < 4.78 is 8.77. The quantitative estimate of drug-likeness (QED) is 0.348. The molecule has 0 fully saturated rings. The summed E-state index contributed by atoms with van der Waals surface area (Å²) in [7, 11) is 1.62. The van der Waals surface area contributed by atoms with E-state index in [0.717, 1.165) is 11.1 Å². The van der Waals surface area contributed by atoms with Crippen LogP contribution in [0, 0.1) is 6.92 Å². The highest BCUT2D eigenvalue weighted by Crippen LogP contribution is 2.17. The van der Waals surface area contributed by atoms with Gasteiger partial charge in [-0.3, -0.25) is 18.6 Å². The van der Waals surface area contributed by atoms with Crippen molar-refractivity contribution in [2.75, 3.05) is 0 Å². The molecule has 1 unspecified atom stereocenters. The number of carbonyl (C=O) groups excluding carboxylic acids is 2. The van der Waals surface area contributed by atoms with Gasteiger partial charge in [0.1, 0.15) is 6.04 Å². The highest BCUT2D eigenvalue weighted by Gasteiger charge is 2.25. The fourth-order valence-electron chi connectivity index (χ4n) is 4.26. The largest absolute Gasteiger partial charge is 0.456 e. The minimum absolute atomic E-state index is 0.186. The van der Waals surface area contributed by atoms with Crippen molar-refractivity contribution >= 4 is 28.6 Å². The van der Waals surface area contributed by atoms with Gasteiger partial charge >= 0.3 is 5.97 Å². The Kier molecular flexibility index (Phi) is 6.51. The molecule has 1 N–H and O–H groups in total. The predicted octanol–water partition coefficient (Wildman–Crippen LogP) is 2.97. The van der Waals surface area contributed by atoms with Crippen LogP contribution in [0.4, 0.5) is 0 Å². The number of ether oxygens (including phenoxy) is 1. The lowest BCUT2D eigenvalue weighted by molar-refractivity contribution is -0.147. The van der Waals surface area contributed by atoms with Gasteiger partial charge in [-0.15, -0.1) is 10.2 Å². The van der Waals surface area contributed by atoms with E-state index in [9.17, 15) is 14.4 Å². The standard InChI is InChI=1S/C28H25N5O4/c1-18-13-14-23-21(15-18)26(35)32(2)28-31-30-24(33(23)28)17-37-27(36)22(16-19-9-5-3-6-10-19)29-25(34)20-11-7-4-8-12-20/h3-15,22H,16-17H2,1-2H3,(H,29,34). The Bertz CT molecular complexity index is 1660. The molecule has 2 heterocycles. The van der Waals surface area contributed by atoms with Crippen LogP contribution in [-0.4, -0.2) is 37.1 Å². The molecule has 0 radical (unpaired) electrons. The smallest absolute Gasteiger partial charge is 0.329 e. The van der Waals surface area contributed by atoms with Crippen LogP contribution in [-0.2, 0) is 29.6 Å². The van der Waals surface area contributed by atoms with Crippen LogP contribution in [0.1, 0.15) is 27.3 Å². The van der Waals surface area contributed by atoms with Gasteiger partial charge in [-0.2, -0.15) is 0 Å². The van der Waals surface area contributed by atoms with Crippen molar-refractivity contribution in [1.82, 2.24) is 24.5 Å². The molecule has 0 aliphatic rings. The lowest BCUT2D eigenvalue weighted by Crippen LogP contribution is -2.43. The Balaban J connectivity index is 1.42. The fourth-order valence-corrected chi connectivity index (χ4v) is 4.26. The van der Waals surface area contributed by atoms with Gasteiger partial charge in [-0.25, -0.2) is 4.79 Å². The topological polar surface area (TPSA) is 108 Å². The molecule has 0 bridgehead atoms. The molecule has 1 atom stereocenters. The first-order chi connectivity index (χ1) is 17.9. The van der Waals surface area contributed by atoms with E-state index in [1.165, 1.54) is 4.57 Å². The minimum Gasteiger partial charge on any atom is -0.456 e. The average Bonchev–Trinajstić information content (AvgIpc) is 3.35. The van der Waals surface area contributed by atoms with E-state index < -0.39 is 12.0 Å². The van der Waals surface area contributed by atoms with Gasteiger partial charge in [0.2, 0.25) is 5.78 Å². The minimum atomic E-state index is -0.918. The summed E-state index contributed by atoms with van der Waals surface area (Å²) in [6.07, 6.45) is 0.259. The summed E-state index contributed by atoms with van der Waals surface area (Å²) in [5.41, 5.74) is 2.70. The molecular weight excluding hydrogens is 470 g/mol. The molecule has 2 aromatic heterocycles. The van der Waals surface area contributed by atoms with Crippen LogP contribution in [0.15, 0.2) is 83.7 Å². The summed E-state index contributed by atoms with van der Waals surface area (Å²) in [5, 5.41) is 11.6. The zero-order valence-corrected chi connectivity index (χ0v) is 20.4. The number of hydrogen-bond acceptors (Lipinski definition) is 6. The van der Waals surface area contributed by atoms with E-state index in [2.05, 4.69) is 15.5 Å². The van der Waals surface area contributed by atoms with Crippen LogP contribution >= 0.6 is 0 Å². The summed E-state index contributed by atoms with van der Waals surface area (Å²) in [6, 6.07) is 22.7. The number of benzene rings is 3. The second-order valence-corrected chi connectivity index (χ2v) is 8.83. The molecule has 1 amide bonds. The fraction of sp³-hybridized carbons (Fsp3) is 0.179. The maximum absolute atomic E-state index is 13.2. The predicted molar refractivity (Wildman–Crippen MR) is 138 cm³/mol. The van der Waals surface area contributed by atoms with Gasteiger partial charge in [0.25, 0.3) is 11.5 Å². The molecule has 0 aliphatic heterocycles. The highest BCUT2D eigenvalue weighted by molar-refractivity contribution is 5.96. The van der Waals surface area contributed by atoms with Crippen LogP contribution in [0.25, 0.3) is 16.7 Å². The molecule has 0 spiro atoms.